The molecule has 0 aliphatic carbocycles. The van der Waals surface area contributed by atoms with Crippen LogP contribution in [-0.2, 0) is 0 Å². The van der Waals surface area contributed by atoms with E-state index in [4.69, 9.17) is 5.11 Å². The van der Waals surface area contributed by atoms with Crippen LogP contribution < -0.4 is 0 Å². The van der Waals surface area contributed by atoms with Crippen LogP contribution in [0.15, 0.2) is 24.3 Å². The van der Waals surface area contributed by atoms with E-state index in [1.54, 1.807) is 0 Å². The van der Waals surface area contributed by atoms with Gasteiger partial charge >= 0.3 is 0 Å². The van der Waals surface area contributed by atoms with Crippen LogP contribution in [0.4, 0.5) is 0 Å². The Morgan fingerprint density at radius 1 is 1.50 bits per heavy atom. The Kier molecular flexibility index (Phi) is 6.19. The largest absolute Gasteiger partial charge is 0.396 e. The Morgan fingerprint density at radius 2 is 2.20 bits per heavy atom. The number of hydrogen-bond acceptors (Lipinski definition) is 1. The molecular formula is C9H16O. The predicted octanol–water partition coefficient (Wildman–Crippen LogP) is 2.28. The van der Waals surface area contributed by atoms with Crippen molar-refractivity contribution in [2.45, 2.75) is 26.2 Å². The highest BCUT2D eigenvalue weighted by Gasteiger charge is 1.85. The number of aliphatic hydroxyl groups is 1. The summed E-state index contributed by atoms with van der Waals surface area (Å²) in [5.74, 6) is 0. The van der Waals surface area contributed by atoms with Crippen LogP contribution in [-0.4, -0.2) is 11.7 Å². The minimum absolute atomic E-state index is 0.260. The van der Waals surface area contributed by atoms with Gasteiger partial charge in [0.05, 0.1) is 0 Å². The molecule has 0 unspecified atom stereocenters. The highest BCUT2D eigenvalue weighted by atomic mass is 16.2. The molecule has 1 N–H and O–H groups in total. The Bertz CT molecular complexity index is 114. The molecule has 0 aliphatic heterocycles. The Morgan fingerprint density at radius 3 is 2.70 bits per heavy atom. The van der Waals surface area contributed by atoms with E-state index in [1.807, 2.05) is 13.0 Å². The first-order valence-electron chi connectivity index (χ1n) is 3.68. The summed E-state index contributed by atoms with van der Waals surface area (Å²) in [4.78, 5) is 0. The van der Waals surface area contributed by atoms with Crippen molar-refractivity contribution in [2.24, 2.45) is 0 Å². The molecule has 0 radical (unpaired) electrons. The molecule has 0 bridgehead atoms. The van der Waals surface area contributed by atoms with Crippen molar-refractivity contribution in [1.82, 2.24) is 0 Å². The van der Waals surface area contributed by atoms with Crippen LogP contribution in [0, 0.1) is 0 Å². The molecular weight excluding hydrogens is 124 g/mol. The van der Waals surface area contributed by atoms with E-state index in [2.05, 4.69) is 12.7 Å². The molecule has 0 spiro atoms. The molecule has 0 fully saturated rings. The highest BCUT2D eigenvalue weighted by molar-refractivity contribution is 4.98. The topological polar surface area (TPSA) is 20.2 Å². The lowest BCUT2D eigenvalue weighted by Gasteiger charge is -1.95. The van der Waals surface area contributed by atoms with Gasteiger partial charge in [0.1, 0.15) is 0 Å². The summed E-state index contributed by atoms with van der Waals surface area (Å²) in [5.41, 5.74) is 1.27. The lowest BCUT2D eigenvalue weighted by atomic mass is 10.1. The second-order valence-electron chi connectivity index (χ2n) is 2.39. The Hall–Kier alpha value is -0.560. The van der Waals surface area contributed by atoms with E-state index in [0.717, 1.165) is 19.3 Å². The molecule has 58 valence electrons. The lowest BCUT2D eigenvalue weighted by molar-refractivity contribution is 0.299. The normalized spacial score (nSPS) is 11.6. The monoisotopic (exact) mass is 140 g/mol. The van der Waals surface area contributed by atoms with Gasteiger partial charge in [0.2, 0.25) is 0 Å². The minimum Gasteiger partial charge on any atom is -0.396 e. The van der Waals surface area contributed by atoms with E-state index >= 15 is 0 Å². The minimum atomic E-state index is 0.260. The Labute approximate surface area is 63.1 Å². The number of aliphatic hydroxyl groups excluding tert-OH is 1. The van der Waals surface area contributed by atoms with Gasteiger partial charge in [0.25, 0.3) is 0 Å². The second kappa shape index (κ2) is 6.56. The van der Waals surface area contributed by atoms with Crippen LogP contribution in [0.1, 0.15) is 26.2 Å². The van der Waals surface area contributed by atoms with Crippen molar-refractivity contribution in [1.29, 1.82) is 0 Å². The third-order valence-corrected chi connectivity index (χ3v) is 1.37. The summed E-state index contributed by atoms with van der Waals surface area (Å²) in [6.07, 6.45) is 6.94. The van der Waals surface area contributed by atoms with Crippen molar-refractivity contribution >= 4 is 0 Å². The van der Waals surface area contributed by atoms with Gasteiger partial charge in [-0.25, -0.2) is 0 Å². The summed E-state index contributed by atoms with van der Waals surface area (Å²) in [7, 11) is 0. The highest BCUT2D eigenvalue weighted by Crippen LogP contribution is 2.01. The van der Waals surface area contributed by atoms with Crippen LogP contribution >= 0.6 is 0 Å². The lowest BCUT2D eigenvalue weighted by Crippen LogP contribution is -1.83. The molecule has 0 saturated heterocycles. The van der Waals surface area contributed by atoms with Crippen molar-refractivity contribution in [3.8, 4) is 0 Å². The maximum absolute atomic E-state index is 8.53. The fraction of sp³-hybridized carbons (Fsp3) is 0.556. The average molecular weight is 140 g/mol. The average Bonchev–Trinajstić information content (AvgIpc) is 1.89. The summed E-state index contributed by atoms with van der Waals surface area (Å²) in [6.45, 7) is 5.93. The van der Waals surface area contributed by atoms with Gasteiger partial charge in [-0.3, -0.25) is 0 Å². The van der Waals surface area contributed by atoms with Gasteiger partial charge in [0, 0.05) is 6.61 Å². The predicted molar refractivity (Wildman–Crippen MR) is 44.9 cm³/mol. The third-order valence-electron chi connectivity index (χ3n) is 1.37. The summed E-state index contributed by atoms with van der Waals surface area (Å²) in [5, 5.41) is 8.53. The maximum Gasteiger partial charge on any atom is 0.0468 e. The first kappa shape index (κ1) is 9.44. The van der Waals surface area contributed by atoms with Crippen LogP contribution in [0.25, 0.3) is 0 Å². The fourth-order valence-electron chi connectivity index (χ4n) is 0.726. The smallest absolute Gasteiger partial charge is 0.0468 e. The molecule has 10 heavy (non-hydrogen) atoms. The van der Waals surface area contributed by atoms with E-state index in [0.29, 0.717) is 0 Å². The van der Waals surface area contributed by atoms with E-state index in [9.17, 15) is 0 Å². The van der Waals surface area contributed by atoms with Gasteiger partial charge < -0.3 is 5.11 Å². The van der Waals surface area contributed by atoms with Crippen LogP contribution in [0.2, 0.25) is 0 Å². The van der Waals surface area contributed by atoms with Crippen molar-refractivity contribution in [3.63, 3.8) is 0 Å². The molecule has 0 amide bonds. The summed E-state index contributed by atoms with van der Waals surface area (Å²) >= 11 is 0. The molecule has 0 rings (SSSR count). The molecule has 0 saturated carbocycles. The zero-order valence-electron chi connectivity index (χ0n) is 6.64. The van der Waals surface area contributed by atoms with Gasteiger partial charge in [-0.05, 0) is 26.2 Å². The van der Waals surface area contributed by atoms with Gasteiger partial charge in [-0.15, -0.1) is 6.58 Å². The van der Waals surface area contributed by atoms with Gasteiger partial charge in [0.15, 0.2) is 0 Å². The standard InChI is InChI=1S/C9H16O/c1-3-4-5-6-9(2)7-8-10/h3,6,10H,1,4-5,7-8H2,2H3/b9-6+. The molecule has 0 heterocycles. The maximum atomic E-state index is 8.53. The van der Waals surface area contributed by atoms with Gasteiger partial charge in [-0.2, -0.15) is 0 Å². The molecule has 0 aliphatic rings. The van der Waals surface area contributed by atoms with Crippen LogP contribution in [0.3, 0.4) is 0 Å². The first-order valence-corrected chi connectivity index (χ1v) is 3.68. The second-order valence-corrected chi connectivity index (χ2v) is 2.39. The zero-order valence-corrected chi connectivity index (χ0v) is 6.64. The van der Waals surface area contributed by atoms with Crippen molar-refractivity contribution in [3.05, 3.63) is 24.3 Å². The fourth-order valence-corrected chi connectivity index (χ4v) is 0.726. The van der Waals surface area contributed by atoms with Crippen LogP contribution in [0.5, 0.6) is 0 Å². The number of unbranched alkanes of at least 4 members (excludes halogenated alkanes) is 1. The molecule has 0 atom stereocenters. The summed E-state index contributed by atoms with van der Waals surface area (Å²) in [6, 6.07) is 0. The van der Waals surface area contributed by atoms with Crippen molar-refractivity contribution in [2.75, 3.05) is 6.61 Å². The SMILES string of the molecule is C=CCC/C=C(\C)CCO. The Balaban J connectivity index is 3.36. The van der Waals surface area contributed by atoms with Crippen molar-refractivity contribution < 1.29 is 5.11 Å². The zero-order chi connectivity index (χ0) is 7.82. The van der Waals surface area contributed by atoms with E-state index in [1.165, 1.54) is 5.57 Å². The van der Waals surface area contributed by atoms with E-state index < -0.39 is 0 Å². The quantitative estimate of drug-likeness (QED) is 0.459. The molecule has 0 aromatic carbocycles. The number of allylic oxidation sites excluding steroid dienone is 2. The molecule has 1 nitrogen and oxygen atoms in total. The van der Waals surface area contributed by atoms with Gasteiger partial charge in [-0.1, -0.05) is 17.7 Å². The molecule has 0 aromatic rings. The third kappa shape index (κ3) is 5.57. The summed E-state index contributed by atoms with van der Waals surface area (Å²) < 4.78 is 0. The number of hydrogen-bond donors (Lipinski definition) is 1. The number of rotatable bonds is 5. The van der Waals surface area contributed by atoms with E-state index in [-0.39, 0.29) is 6.61 Å². The first-order chi connectivity index (χ1) is 4.81. The molecule has 0 aromatic heterocycles. The molecule has 1 heteroatoms.